The Bertz CT molecular complexity index is 324. The van der Waals surface area contributed by atoms with Gasteiger partial charge in [0, 0.05) is 12.4 Å². The van der Waals surface area contributed by atoms with Crippen molar-refractivity contribution in [2.24, 2.45) is 5.92 Å². The number of hydrogen-bond donors (Lipinski definition) is 1. The highest BCUT2D eigenvalue weighted by Crippen LogP contribution is 2.21. The lowest BCUT2D eigenvalue weighted by molar-refractivity contribution is 0.394. The number of nitrogens with zero attached hydrogens (tertiary/aromatic N) is 2. The molecule has 0 saturated heterocycles. The minimum atomic E-state index is 0.380. The lowest BCUT2D eigenvalue weighted by atomic mass is 10.2. The highest BCUT2D eigenvalue weighted by molar-refractivity contribution is 9.10. The van der Waals surface area contributed by atoms with Gasteiger partial charge in [-0.1, -0.05) is 6.92 Å². The Balaban J connectivity index is 2.62. The summed E-state index contributed by atoms with van der Waals surface area (Å²) < 4.78 is 5.79. The SMILES string of the molecule is COc1nc(NCC(C)CCl)ncc1Br. The van der Waals surface area contributed by atoms with Crippen molar-refractivity contribution in [3.8, 4) is 5.88 Å². The van der Waals surface area contributed by atoms with Crippen molar-refractivity contribution >= 4 is 33.5 Å². The zero-order valence-electron chi connectivity index (χ0n) is 8.63. The summed E-state index contributed by atoms with van der Waals surface area (Å²) in [5.74, 6) is 2.06. The van der Waals surface area contributed by atoms with Crippen molar-refractivity contribution in [2.45, 2.75) is 6.92 Å². The molecule has 1 aromatic heterocycles. The Morgan fingerprint density at radius 2 is 2.40 bits per heavy atom. The summed E-state index contributed by atoms with van der Waals surface area (Å²) in [6, 6.07) is 0. The van der Waals surface area contributed by atoms with Crippen molar-refractivity contribution < 1.29 is 4.74 Å². The number of methoxy groups -OCH3 is 1. The molecule has 0 radical (unpaired) electrons. The van der Waals surface area contributed by atoms with Crippen molar-refractivity contribution in [2.75, 3.05) is 24.9 Å². The summed E-state index contributed by atoms with van der Waals surface area (Å²) in [5.41, 5.74) is 0. The molecule has 1 N–H and O–H groups in total. The van der Waals surface area contributed by atoms with Crippen molar-refractivity contribution in [3.63, 3.8) is 0 Å². The van der Waals surface area contributed by atoms with E-state index in [0.29, 0.717) is 23.6 Å². The second-order valence-electron chi connectivity index (χ2n) is 3.19. The third-order valence-electron chi connectivity index (χ3n) is 1.78. The van der Waals surface area contributed by atoms with Gasteiger partial charge in [0.25, 0.3) is 0 Å². The van der Waals surface area contributed by atoms with Gasteiger partial charge in [0.2, 0.25) is 11.8 Å². The minimum absolute atomic E-state index is 0.380. The first kappa shape index (κ1) is 12.5. The van der Waals surface area contributed by atoms with E-state index < -0.39 is 0 Å². The highest BCUT2D eigenvalue weighted by Gasteiger charge is 2.05. The van der Waals surface area contributed by atoms with Gasteiger partial charge in [0.05, 0.1) is 17.8 Å². The molecule has 0 aliphatic heterocycles. The zero-order chi connectivity index (χ0) is 11.3. The molecule has 0 bridgehead atoms. The first-order valence-corrected chi connectivity index (χ1v) is 5.86. The van der Waals surface area contributed by atoms with Gasteiger partial charge in [0.1, 0.15) is 0 Å². The van der Waals surface area contributed by atoms with E-state index in [1.165, 1.54) is 0 Å². The summed E-state index contributed by atoms with van der Waals surface area (Å²) in [6.45, 7) is 2.80. The fraction of sp³-hybridized carbons (Fsp3) is 0.556. The Morgan fingerprint density at radius 1 is 1.67 bits per heavy atom. The van der Waals surface area contributed by atoms with Gasteiger partial charge in [-0.15, -0.1) is 11.6 Å². The molecule has 1 unspecified atom stereocenters. The average molecular weight is 295 g/mol. The second-order valence-corrected chi connectivity index (χ2v) is 4.35. The van der Waals surface area contributed by atoms with Crippen LogP contribution in [0.25, 0.3) is 0 Å². The first-order chi connectivity index (χ1) is 7.17. The predicted octanol–water partition coefficient (Wildman–Crippen LogP) is 2.53. The summed E-state index contributed by atoms with van der Waals surface area (Å²) in [5, 5.41) is 3.09. The Hall–Kier alpha value is -0.550. The zero-order valence-corrected chi connectivity index (χ0v) is 11.0. The molecule has 6 heteroatoms. The number of nitrogens with one attached hydrogen (secondary N) is 1. The van der Waals surface area contributed by atoms with Crippen LogP contribution in [-0.4, -0.2) is 29.5 Å². The predicted molar refractivity (Wildman–Crippen MR) is 64.7 cm³/mol. The number of alkyl halides is 1. The van der Waals surface area contributed by atoms with Gasteiger partial charge in [-0.25, -0.2) is 4.98 Å². The molecule has 1 heterocycles. The quantitative estimate of drug-likeness (QED) is 0.848. The molecule has 0 aromatic carbocycles. The minimum Gasteiger partial charge on any atom is -0.480 e. The van der Waals surface area contributed by atoms with E-state index in [1.54, 1.807) is 13.3 Å². The van der Waals surface area contributed by atoms with Crippen molar-refractivity contribution in [1.29, 1.82) is 0 Å². The summed E-state index contributed by atoms with van der Waals surface area (Å²) in [4.78, 5) is 8.26. The van der Waals surface area contributed by atoms with Crippen LogP contribution in [0.15, 0.2) is 10.7 Å². The lowest BCUT2D eigenvalue weighted by Gasteiger charge is -2.10. The highest BCUT2D eigenvalue weighted by atomic mass is 79.9. The number of anilines is 1. The van der Waals surface area contributed by atoms with Crippen LogP contribution in [0.3, 0.4) is 0 Å². The Kier molecular flexibility index (Phi) is 5.11. The molecule has 15 heavy (non-hydrogen) atoms. The molecule has 1 atom stereocenters. The maximum atomic E-state index is 5.69. The summed E-state index contributed by atoms with van der Waals surface area (Å²) >= 11 is 8.97. The van der Waals surface area contributed by atoms with Gasteiger partial charge in [-0.2, -0.15) is 4.98 Å². The fourth-order valence-electron chi connectivity index (χ4n) is 0.900. The van der Waals surface area contributed by atoms with Gasteiger partial charge >= 0.3 is 0 Å². The molecular formula is C9H13BrClN3O. The first-order valence-electron chi connectivity index (χ1n) is 4.53. The molecule has 1 aromatic rings. The third-order valence-corrected chi connectivity index (χ3v) is 2.85. The van der Waals surface area contributed by atoms with E-state index in [0.717, 1.165) is 11.0 Å². The Morgan fingerprint density at radius 3 is 3.00 bits per heavy atom. The normalized spacial score (nSPS) is 12.3. The molecule has 0 saturated carbocycles. The van der Waals surface area contributed by atoms with Gasteiger partial charge in [-0.05, 0) is 21.8 Å². The monoisotopic (exact) mass is 293 g/mol. The van der Waals surface area contributed by atoms with Crippen LogP contribution >= 0.6 is 27.5 Å². The van der Waals surface area contributed by atoms with Gasteiger partial charge in [-0.3, -0.25) is 0 Å². The smallest absolute Gasteiger partial charge is 0.232 e. The van der Waals surface area contributed by atoms with E-state index in [4.69, 9.17) is 16.3 Å². The molecule has 0 aliphatic rings. The maximum Gasteiger partial charge on any atom is 0.232 e. The summed E-state index contributed by atoms with van der Waals surface area (Å²) in [6.07, 6.45) is 1.65. The van der Waals surface area contributed by atoms with Crippen LogP contribution in [0, 0.1) is 5.92 Å². The molecule has 84 valence electrons. The number of aromatic nitrogens is 2. The average Bonchev–Trinajstić information content (AvgIpc) is 2.27. The number of ether oxygens (including phenoxy) is 1. The van der Waals surface area contributed by atoms with Crippen LogP contribution in [0.4, 0.5) is 5.95 Å². The molecule has 0 aliphatic carbocycles. The third kappa shape index (κ3) is 3.83. The lowest BCUT2D eigenvalue weighted by Crippen LogP contribution is -2.14. The van der Waals surface area contributed by atoms with Crippen LogP contribution in [0.5, 0.6) is 5.88 Å². The number of rotatable bonds is 5. The van der Waals surface area contributed by atoms with E-state index in [1.807, 2.05) is 0 Å². The largest absolute Gasteiger partial charge is 0.480 e. The fourth-order valence-corrected chi connectivity index (χ4v) is 1.36. The van der Waals surface area contributed by atoms with Gasteiger partial charge in [0.15, 0.2) is 0 Å². The van der Waals surface area contributed by atoms with Crippen molar-refractivity contribution in [1.82, 2.24) is 9.97 Å². The van der Waals surface area contributed by atoms with Crippen LogP contribution in [0.1, 0.15) is 6.92 Å². The molecule has 0 amide bonds. The van der Waals surface area contributed by atoms with Crippen LogP contribution < -0.4 is 10.1 Å². The van der Waals surface area contributed by atoms with E-state index in [9.17, 15) is 0 Å². The van der Waals surface area contributed by atoms with E-state index in [2.05, 4.69) is 38.1 Å². The van der Waals surface area contributed by atoms with E-state index >= 15 is 0 Å². The maximum absolute atomic E-state index is 5.69. The van der Waals surface area contributed by atoms with Crippen molar-refractivity contribution in [3.05, 3.63) is 10.7 Å². The standard InChI is InChI=1S/C9H13BrClN3O/c1-6(3-11)4-12-9-13-5-7(10)8(14-9)15-2/h5-6H,3-4H2,1-2H3,(H,12,13,14). The molecule has 1 rings (SSSR count). The van der Waals surface area contributed by atoms with Crippen LogP contribution in [-0.2, 0) is 0 Å². The molecule has 0 fully saturated rings. The topological polar surface area (TPSA) is 47.0 Å². The second kappa shape index (κ2) is 6.12. The number of halogens is 2. The number of hydrogen-bond acceptors (Lipinski definition) is 4. The van der Waals surface area contributed by atoms with Crippen LogP contribution in [0.2, 0.25) is 0 Å². The van der Waals surface area contributed by atoms with Gasteiger partial charge < -0.3 is 10.1 Å². The molecular weight excluding hydrogens is 281 g/mol. The summed E-state index contributed by atoms with van der Waals surface area (Å²) in [7, 11) is 1.57. The van der Waals surface area contributed by atoms with E-state index in [-0.39, 0.29) is 0 Å². The Labute approximate surface area is 103 Å². The molecule has 4 nitrogen and oxygen atoms in total. The molecule has 0 spiro atoms.